The van der Waals surface area contributed by atoms with Crippen molar-refractivity contribution in [1.82, 2.24) is 10.2 Å². The summed E-state index contributed by atoms with van der Waals surface area (Å²) in [5, 5.41) is 3.29. The highest BCUT2D eigenvalue weighted by molar-refractivity contribution is 5.80. The van der Waals surface area contributed by atoms with Gasteiger partial charge < -0.3 is 15.0 Å². The lowest BCUT2D eigenvalue weighted by atomic mass is 9.97. The second-order valence-corrected chi connectivity index (χ2v) is 5.14. The van der Waals surface area contributed by atoms with E-state index < -0.39 is 0 Å². The average Bonchev–Trinajstić information content (AvgIpc) is 2.87. The van der Waals surface area contributed by atoms with Crippen molar-refractivity contribution in [3.63, 3.8) is 0 Å². The molecule has 2 aliphatic rings. The highest BCUT2D eigenvalue weighted by atomic mass is 16.5. The monoisotopic (exact) mass is 226 g/mol. The van der Waals surface area contributed by atoms with Crippen LogP contribution in [0, 0.1) is 17.8 Å². The van der Waals surface area contributed by atoms with Crippen LogP contribution < -0.4 is 5.32 Å². The largest absolute Gasteiger partial charge is 0.384 e. The molecule has 4 nitrogen and oxygen atoms in total. The van der Waals surface area contributed by atoms with E-state index in [0.29, 0.717) is 17.7 Å². The van der Waals surface area contributed by atoms with Crippen LogP contribution in [0.1, 0.15) is 13.3 Å². The van der Waals surface area contributed by atoms with Gasteiger partial charge in [-0.1, -0.05) is 6.92 Å². The van der Waals surface area contributed by atoms with Crippen molar-refractivity contribution < 1.29 is 9.53 Å². The Bertz CT molecular complexity index is 257. The van der Waals surface area contributed by atoms with Crippen molar-refractivity contribution in [3.05, 3.63) is 0 Å². The molecule has 2 heterocycles. The van der Waals surface area contributed by atoms with Crippen molar-refractivity contribution in [2.24, 2.45) is 17.8 Å². The van der Waals surface area contributed by atoms with E-state index in [-0.39, 0.29) is 5.92 Å². The van der Waals surface area contributed by atoms with E-state index >= 15 is 0 Å². The van der Waals surface area contributed by atoms with Gasteiger partial charge in [-0.2, -0.15) is 0 Å². The third kappa shape index (κ3) is 2.38. The van der Waals surface area contributed by atoms with Crippen molar-refractivity contribution in [2.45, 2.75) is 13.3 Å². The minimum atomic E-state index is 0.196. The summed E-state index contributed by atoms with van der Waals surface area (Å²) < 4.78 is 5.15. The summed E-state index contributed by atoms with van der Waals surface area (Å²) >= 11 is 0. The van der Waals surface area contributed by atoms with E-state index in [2.05, 4.69) is 12.2 Å². The van der Waals surface area contributed by atoms with Crippen LogP contribution in [-0.2, 0) is 9.53 Å². The van der Waals surface area contributed by atoms with Crippen LogP contribution >= 0.6 is 0 Å². The fourth-order valence-corrected chi connectivity index (χ4v) is 2.78. The first kappa shape index (κ1) is 11.9. The zero-order valence-corrected chi connectivity index (χ0v) is 10.2. The Balaban J connectivity index is 1.86. The third-order valence-corrected chi connectivity index (χ3v) is 3.83. The Morgan fingerprint density at radius 1 is 1.50 bits per heavy atom. The number of nitrogens with zero attached hydrogens (tertiary/aromatic N) is 1. The summed E-state index contributed by atoms with van der Waals surface area (Å²) in [6.07, 6.45) is 1.09. The van der Waals surface area contributed by atoms with E-state index in [1.165, 1.54) is 0 Å². The van der Waals surface area contributed by atoms with Crippen LogP contribution in [-0.4, -0.2) is 50.7 Å². The van der Waals surface area contributed by atoms with Gasteiger partial charge in [0.15, 0.2) is 0 Å². The molecule has 2 aliphatic heterocycles. The second-order valence-electron chi connectivity index (χ2n) is 5.14. The maximum absolute atomic E-state index is 12.3. The quantitative estimate of drug-likeness (QED) is 0.754. The molecule has 2 saturated heterocycles. The Hall–Kier alpha value is -0.610. The number of likely N-dealkylation sites (tertiary alicyclic amines) is 1. The predicted octanol–water partition coefficient (Wildman–Crippen LogP) is 0.337. The Morgan fingerprint density at radius 2 is 2.31 bits per heavy atom. The maximum Gasteiger partial charge on any atom is 0.227 e. The minimum absolute atomic E-state index is 0.196. The van der Waals surface area contributed by atoms with E-state index in [0.717, 1.165) is 39.2 Å². The number of carbonyl (C=O) groups is 1. The lowest BCUT2D eigenvalue weighted by molar-refractivity contribution is -0.135. The molecule has 0 aromatic rings. The van der Waals surface area contributed by atoms with Crippen molar-refractivity contribution in [1.29, 1.82) is 0 Å². The molecule has 4 heteroatoms. The van der Waals surface area contributed by atoms with Crippen LogP contribution in [0.2, 0.25) is 0 Å². The number of carbonyl (C=O) groups excluding carboxylic acids is 1. The van der Waals surface area contributed by atoms with Crippen molar-refractivity contribution >= 4 is 5.91 Å². The van der Waals surface area contributed by atoms with Crippen LogP contribution in [0.3, 0.4) is 0 Å². The highest BCUT2D eigenvalue weighted by Crippen LogP contribution is 2.23. The van der Waals surface area contributed by atoms with Crippen LogP contribution in [0.5, 0.6) is 0 Å². The first-order chi connectivity index (χ1) is 7.72. The number of methoxy groups -OCH3 is 1. The molecule has 0 bridgehead atoms. The van der Waals surface area contributed by atoms with Crippen molar-refractivity contribution in [3.8, 4) is 0 Å². The van der Waals surface area contributed by atoms with Gasteiger partial charge in [-0.3, -0.25) is 4.79 Å². The fourth-order valence-electron chi connectivity index (χ4n) is 2.78. The molecular formula is C12H22N2O2. The lowest BCUT2D eigenvalue weighted by Gasteiger charge is -2.22. The molecule has 0 aromatic carbocycles. The number of amides is 1. The van der Waals surface area contributed by atoms with Crippen LogP contribution in [0.4, 0.5) is 0 Å². The topological polar surface area (TPSA) is 41.6 Å². The van der Waals surface area contributed by atoms with Crippen LogP contribution in [0.25, 0.3) is 0 Å². The van der Waals surface area contributed by atoms with Gasteiger partial charge in [0.1, 0.15) is 0 Å². The first-order valence-electron chi connectivity index (χ1n) is 6.20. The number of rotatable bonds is 3. The van der Waals surface area contributed by atoms with Gasteiger partial charge >= 0.3 is 0 Å². The summed E-state index contributed by atoms with van der Waals surface area (Å²) in [4.78, 5) is 14.3. The molecule has 3 atom stereocenters. The average molecular weight is 226 g/mol. The summed E-state index contributed by atoms with van der Waals surface area (Å²) in [7, 11) is 1.73. The van der Waals surface area contributed by atoms with Gasteiger partial charge in [-0.25, -0.2) is 0 Å². The normalized spacial score (nSPS) is 34.6. The minimum Gasteiger partial charge on any atom is -0.384 e. The van der Waals surface area contributed by atoms with Gasteiger partial charge in [0.2, 0.25) is 5.91 Å². The summed E-state index contributed by atoms with van der Waals surface area (Å²) in [5.41, 5.74) is 0. The molecule has 2 fully saturated rings. The number of hydrogen-bond donors (Lipinski definition) is 1. The molecule has 0 aromatic heterocycles. The Kier molecular flexibility index (Phi) is 3.82. The standard InChI is InChI=1S/C12H22N2O2/c1-9-5-13-6-11(9)12(15)14-4-3-10(7-14)8-16-2/h9-11,13H,3-8H2,1-2H3/t9-,10?,11-/m1/s1. The summed E-state index contributed by atoms with van der Waals surface area (Å²) in [5.74, 6) is 1.56. The summed E-state index contributed by atoms with van der Waals surface area (Å²) in [6, 6.07) is 0. The zero-order valence-electron chi connectivity index (χ0n) is 10.2. The molecule has 16 heavy (non-hydrogen) atoms. The Morgan fingerprint density at radius 3 is 2.94 bits per heavy atom. The Labute approximate surface area is 97.3 Å². The molecular weight excluding hydrogens is 204 g/mol. The first-order valence-corrected chi connectivity index (χ1v) is 6.20. The molecule has 0 aliphatic carbocycles. The second kappa shape index (κ2) is 5.15. The SMILES string of the molecule is COCC1CCN(C(=O)[C@@H]2CNC[C@H]2C)C1. The number of ether oxygens (including phenoxy) is 1. The molecule has 0 spiro atoms. The van der Waals surface area contributed by atoms with Gasteiger partial charge in [-0.05, 0) is 18.9 Å². The number of hydrogen-bond acceptors (Lipinski definition) is 3. The van der Waals surface area contributed by atoms with Crippen LogP contribution in [0.15, 0.2) is 0 Å². The molecule has 92 valence electrons. The summed E-state index contributed by atoms with van der Waals surface area (Å²) in [6.45, 7) is 6.57. The van der Waals surface area contributed by atoms with E-state index in [1.54, 1.807) is 7.11 Å². The third-order valence-electron chi connectivity index (χ3n) is 3.83. The van der Waals surface area contributed by atoms with Gasteiger partial charge in [0.25, 0.3) is 0 Å². The number of nitrogens with one attached hydrogen (secondary N) is 1. The van der Waals surface area contributed by atoms with E-state index in [4.69, 9.17) is 4.74 Å². The molecule has 2 rings (SSSR count). The van der Waals surface area contributed by atoms with Gasteiger partial charge in [-0.15, -0.1) is 0 Å². The van der Waals surface area contributed by atoms with Gasteiger partial charge in [0, 0.05) is 32.7 Å². The zero-order chi connectivity index (χ0) is 11.5. The molecule has 0 saturated carbocycles. The van der Waals surface area contributed by atoms with Crippen molar-refractivity contribution in [2.75, 3.05) is 39.9 Å². The smallest absolute Gasteiger partial charge is 0.227 e. The van der Waals surface area contributed by atoms with E-state index in [1.807, 2.05) is 4.90 Å². The van der Waals surface area contributed by atoms with Gasteiger partial charge in [0.05, 0.1) is 12.5 Å². The lowest BCUT2D eigenvalue weighted by Crippen LogP contribution is -2.37. The fraction of sp³-hybridized carbons (Fsp3) is 0.917. The predicted molar refractivity (Wildman–Crippen MR) is 62.1 cm³/mol. The highest BCUT2D eigenvalue weighted by Gasteiger charge is 2.35. The maximum atomic E-state index is 12.3. The van der Waals surface area contributed by atoms with E-state index in [9.17, 15) is 4.79 Å². The molecule has 1 unspecified atom stereocenters. The molecule has 0 radical (unpaired) electrons. The molecule has 1 N–H and O–H groups in total. The molecule has 1 amide bonds.